The number of nitrogens with zero attached hydrogens (tertiary/aromatic N) is 1. The topological polar surface area (TPSA) is 97.2 Å². The molecule has 5 heteroatoms. The summed E-state index contributed by atoms with van der Waals surface area (Å²) >= 11 is 0. The lowest BCUT2D eigenvalue weighted by molar-refractivity contribution is 0.258. The molecule has 0 spiro atoms. The molecule has 0 saturated heterocycles. The van der Waals surface area contributed by atoms with Crippen LogP contribution in [0.1, 0.15) is 19.8 Å². The minimum Gasteiger partial charge on any atom is -0.396 e. The predicted octanol–water partition coefficient (Wildman–Crippen LogP) is 1.07. The van der Waals surface area contributed by atoms with Gasteiger partial charge in [0, 0.05) is 13.2 Å². The van der Waals surface area contributed by atoms with Gasteiger partial charge in [0.05, 0.1) is 5.69 Å². The number of nitrogen functional groups attached to an aromatic ring is 2. The third kappa shape index (κ3) is 3.58. The largest absolute Gasteiger partial charge is 0.396 e. The Kier molecular flexibility index (Phi) is 4.85. The molecule has 0 saturated carbocycles. The van der Waals surface area contributed by atoms with Crippen molar-refractivity contribution in [1.29, 1.82) is 0 Å². The number of nitrogens with two attached hydrogens (primary N) is 2. The van der Waals surface area contributed by atoms with E-state index in [1.165, 1.54) is 0 Å². The standard InChI is InChI=1S/C11H20N4O/c1-2-8(5-6-16)7-14-10-4-3-9(12)11(13)15-10/h3-4,8,16H,2,5-7,12H2,1H3,(H3,13,14,15). The Morgan fingerprint density at radius 2 is 2.19 bits per heavy atom. The smallest absolute Gasteiger partial charge is 0.149 e. The van der Waals surface area contributed by atoms with Crippen molar-refractivity contribution in [2.75, 3.05) is 29.9 Å². The van der Waals surface area contributed by atoms with Gasteiger partial charge in [-0.3, -0.25) is 0 Å². The Balaban J connectivity index is 2.50. The summed E-state index contributed by atoms with van der Waals surface area (Å²) in [6.45, 7) is 3.11. The Labute approximate surface area is 95.9 Å². The van der Waals surface area contributed by atoms with E-state index in [4.69, 9.17) is 16.6 Å². The molecular formula is C11H20N4O. The van der Waals surface area contributed by atoms with Gasteiger partial charge in [0.25, 0.3) is 0 Å². The fraction of sp³-hybridized carbons (Fsp3) is 0.545. The SMILES string of the molecule is CCC(CCO)CNc1ccc(N)c(N)n1. The zero-order valence-corrected chi connectivity index (χ0v) is 9.61. The van der Waals surface area contributed by atoms with Crippen LogP contribution < -0.4 is 16.8 Å². The Hall–Kier alpha value is -1.49. The third-order valence-electron chi connectivity index (χ3n) is 2.64. The molecule has 1 rings (SSSR count). The molecule has 0 aliphatic heterocycles. The highest BCUT2D eigenvalue weighted by Gasteiger charge is 2.06. The molecule has 16 heavy (non-hydrogen) atoms. The van der Waals surface area contributed by atoms with Crippen LogP contribution in [0.15, 0.2) is 12.1 Å². The zero-order valence-electron chi connectivity index (χ0n) is 9.61. The lowest BCUT2D eigenvalue weighted by Crippen LogP contribution is -2.16. The number of aliphatic hydroxyl groups excluding tert-OH is 1. The fourth-order valence-corrected chi connectivity index (χ4v) is 1.47. The number of hydrogen-bond donors (Lipinski definition) is 4. The molecule has 1 atom stereocenters. The zero-order chi connectivity index (χ0) is 12.0. The van der Waals surface area contributed by atoms with Crippen LogP contribution in [0.3, 0.4) is 0 Å². The normalized spacial score (nSPS) is 12.4. The highest BCUT2D eigenvalue weighted by molar-refractivity contribution is 5.61. The third-order valence-corrected chi connectivity index (χ3v) is 2.64. The maximum atomic E-state index is 8.87. The van der Waals surface area contributed by atoms with Gasteiger partial charge in [-0.1, -0.05) is 13.3 Å². The molecule has 0 bridgehead atoms. The highest BCUT2D eigenvalue weighted by atomic mass is 16.3. The van der Waals surface area contributed by atoms with Gasteiger partial charge in [-0.15, -0.1) is 0 Å². The van der Waals surface area contributed by atoms with E-state index in [2.05, 4.69) is 17.2 Å². The molecule has 0 aromatic carbocycles. The van der Waals surface area contributed by atoms with Crippen LogP contribution in [0.4, 0.5) is 17.3 Å². The molecule has 6 N–H and O–H groups in total. The first-order chi connectivity index (χ1) is 7.67. The number of pyridine rings is 1. The molecular weight excluding hydrogens is 204 g/mol. The molecule has 0 amide bonds. The summed E-state index contributed by atoms with van der Waals surface area (Å²) in [6, 6.07) is 3.54. The summed E-state index contributed by atoms with van der Waals surface area (Å²) in [4.78, 5) is 4.12. The number of hydrogen-bond acceptors (Lipinski definition) is 5. The first-order valence-electron chi connectivity index (χ1n) is 5.54. The van der Waals surface area contributed by atoms with Crippen molar-refractivity contribution in [3.8, 4) is 0 Å². The molecule has 1 unspecified atom stereocenters. The molecule has 0 aliphatic rings. The summed E-state index contributed by atoms with van der Waals surface area (Å²) in [7, 11) is 0. The lowest BCUT2D eigenvalue weighted by atomic mass is 10.0. The van der Waals surface area contributed by atoms with Gasteiger partial charge < -0.3 is 21.9 Å². The molecule has 0 radical (unpaired) electrons. The van der Waals surface area contributed by atoms with Gasteiger partial charge in [0.2, 0.25) is 0 Å². The second kappa shape index (κ2) is 6.17. The average molecular weight is 224 g/mol. The summed E-state index contributed by atoms with van der Waals surface area (Å²) in [6.07, 6.45) is 1.83. The Morgan fingerprint density at radius 3 is 2.75 bits per heavy atom. The van der Waals surface area contributed by atoms with Crippen LogP contribution >= 0.6 is 0 Å². The summed E-state index contributed by atoms with van der Waals surface area (Å²) in [5, 5.41) is 12.1. The van der Waals surface area contributed by atoms with Crippen LogP contribution in [0.25, 0.3) is 0 Å². The van der Waals surface area contributed by atoms with Crippen LogP contribution in [0, 0.1) is 5.92 Å². The van der Waals surface area contributed by atoms with Gasteiger partial charge in [-0.2, -0.15) is 0 Å². The van der Waals surface area contributed by atoms with Crippen molar-refractivity contribution in [2.24, 2.45) is 5.92 Å². The van der Waals surface area contributed by atoms with E-state index in [-0.39, 0.29) is 6.61 Å². The van der Waals surface area contributed by atoms with Crippen molar-refractivity contribution in [3.63, 3.8) is 0 Å². The van der Waals surface area contributed by atoms with Gasteiger partial charge in [0.15, 0.2) is 0 Å². The van der Waals surface area contributed by atoms with E-state index in [9.17, 15) is 0 Å². The van der Waals surface area contributed by atoms with E-state index in [1.807, 2.05) is 0 Å². The molecule has 90 valence electrons. The van der Waals surface area contributed by atoms with Crippen molar-refractivity contribution >= 4 is 17.3 Å². The quantitative estimate of drug-likeness (QED) is 0.579. The predicted molar refractivity (Wildman–Crippen MR) is 67.0 cm³/mol. The van der Waals surface area contributed by atoms with E-state index in [0.717, 1.165) is 25.2 Å². The van der Waals surface area contributed by atoms with Crippen molar-refractivity contribution < 1.29 is 5.11 Å². The van der Waals surface area contributed by atoms with Crippen LogP contribution in [-0.2, 0) is 0 Å². The van der Waals surface area contributed by atoms with Crippen molar-refractivity contribution in [2.45, 2.75) is 19.8 Å². The molecule has 1 aromatic rings. The van der Waals surface area contributed by atoms with E-state index in [1.54, 1.807) is 12.1 Å². The number of nitrogens with one attached hydrogen (secondary N) is 1. The minimum absolute atomic E-state index is 0.220. The van der Waals surface area contributed by atoms with Gasteiger partial charge >= 0.3 is 0 Å². The molecule has 0 aliphatic carbocycles. The maximum absolute atomic E-state index is 8.87. The number of anilines is 3. The van der Waals surface area contributed by atoms with Crippen LogP contribution in [0.5, 0.6) is 0 Å². The maximum Gasteiger partial charge on any atom is 0.149 e. The summed E-state index contributed by atoms with van der Waals surface area (Å²) < 4.78 is 0. The van der Waals surface area contributed by atoms with Gasteiger partial charge in [-0.25, -0.2) is 4.98 Å². The van der Waals surface area contributed by atoms with Gasteiger partial charge in [-0.05, 0) is 24.5 Å². The summed E-state index contributed by atoms with van der Waals surface area (Å²) in [5.74, 6) is 1.52. The summed E-state index contributed by atoms with van der Waals surface area (Å²) in [5.41, 5.74) is 11.7. The first kappa shape index (κ1) is 12.6. The molecule has 5 nitrogen and oxygen atoms in total. The lowest BCUT2D eigenvalue weighted by Gasteiger charge is -2.15. The van der Waals surface area contributed by atoms with E-state index >= 15 is 0 Å². The number of aliphatic hydroxyl groups is 1. The van der Waals surface area contributed by atoms with Crippen LogP contribution in [0.2, 0.25) is 0 Å². The van der Waals surface area contributed by atoms with E-state index in [0.29, 0.717) is 17.4 Å². The minimum atomic E-state index is 0.220. The molecule has 1 aromatic heterocycles. The second-order valence-electron chi connectivity index (χ2n) is 3.84. The van der Waals surface area contributed by atoms with Crippen LogP contribution in [-0.4, -0.2) is 23.2 Å². The second-order valence-corrected chi connectivity index (χ2v) is 3.84. The van der Waals surface area contributed by atoms with E-state index < -0.39 is 0 Å². The van der Waals surface area contributed by atoms with Crippen molar-refractivity contribution in [3.05, 3.63) is 12.1 Å². The monoisotopic (exact) mass is 224 g/mol. The van der Waals surface area contributed by atoms with Crippen molar-refractivity contribution in [1.82, 2.24) is 4.98 Å². The van der Waals surface area contributed by atoms with Gasteiger partial charge in [0.1, 0.15) is 11.6 Å². The fourth-order valence-electron chi connectivity index (χ4n) is 1.47. The number of rotatable bonds is 6. The Bertz CT molecular complexity index is 330. The highest BCUT2D eigenvalue weighted by Crippen LogP contribution is 2.15. The molecule has 1 heterocycles. The Morgan fingerprint density at radius 1 is 1.44 bits per heavy atom. The first-order valence-corrected chi connectivity index (χ1v) is 5.54. The average Bonchev–Trinajstić information content (AvgIpc) is 2.28. The molecule has 0 fully saturated rings. The number of aromatic nitrogens is 1.